The van der Waals surface area contributed by atoms with Crippen molar-refractivity contribution in [2.75, 3.05) is 25.6 Å². The second-order valence-corrected chi connectivity index (χ2v) is 6.16. The van der Waals surface area contributed by atoms with Crippen molar-refractivity contribution < 1.29 is 24.0 Å². The fourth-order valence-electron chi connectivity index (χ4n) is 2.45. The Labute approximate surface area is 168 Å². The summed E-state index contributed by atoms with van der Waals surface area (Å²) < 4.78 is 9.92. The van der Waals surface area contributed by atoms with Gasteiger partial charge in [-0.25, -0.2) is 4.79 Å². The Kier molecular flexibility index (Phi) is 8.11. The Morgan fingerprint density at radius 2 is 1.90 bits per heavy atom. The minimum atomic E-state index is -1.05. The summed E-state index contributed by atoms with van der Waals surface area (Å²) in [6.45, 7) is 2.43. The average Bonchev–Trinajstić information content (AvgIpc) is 2.72. The quantitative estimate of drug-likeness (QED) is 0.272. The zero-order valence-electron chi connectivity index (χ0n) is 16.2. The molecule has 0 saturated heterocycles. The number of nitrogens with zero attached hydrogens (tertiary/aromatic N) is 1. The van der Waals surface area contributed by atoms with Crippen molar-refractivity contribution in [3.8, 4) is 0 Å². The molecule has 0 saturated carbocycles. The molecule has 9 nitrogen and oxygen atoms in total. The van der Waals surface area contributed by atoms with Gasteiger partial charge in [0.15, 0.2) is 6.10 Å². The van der Waals surface area contributed by atoms with Gasteiger partial charge in [-0.15, -0.1) is 0 Å². The monoisotopic (exact) mass is 401 g/mol. The maximum atomic E-state index is 12.3. The predicted molar refractivity (Wildman–Crippen MR) is 107 cm³/mol. The summed E-state index contributed by atoms with van der Waals surface area (Å²) in [6.07, 6.45) is -1.05. The van der Waals surface area contributed by atoms with Gasteiger partial charge in [-0.2, -0.15) is 0 Å². The topological polar surface area (TPSA) is 120 Å². The number of anilines is 1. The molecule has 1 amide bonds. The first-order chi connectivity index (χ1) is 13.9. The summed E-state index contributed by atoms with van der Waals surface area (Å²) >= 11 is 0. The first kappa shape index (κ1) is 21.8. The number of esters is 1. The molecule has 0 heterocycles. The zero-order valence-corrected chi connectivity index (χ0v) is 16.2. The highest BCUT2D eigenvalue weighted by molar-refractivity contribution is 5.93. The third-order valence-electron chi connectivity index (χ3n) is 4.01. The van der Waals surface area contributed by atoms with Crippen LogP contribution in [-0.2, 0) is 20.8 Å². The van der Waals surface area contributed by atoms with Gasteiger partial charge >= 0.3 is 5.97 Å². The number of carbonyl (C=O) groups is 2. The number of hydrogen-bond donors (Lipinski definition) is 2. The molecule has 154 valence electrons. The Hall–Kier alpha value is -3.46. The van der Waals surface area contributed by atoms with Gasteiger partial charge in [0, 0.05) is 26.3 Å². The number of methoxy groups -OCH3 is 1. The average molecular weight is 401 g/mol. The summed E-state index contributed by atoms with van der Waals surface area (Å²) in [4.78, 5) is 35.0. The van der Waals surface area contributed by atoms with Crippen molar-refractivity contribution in [1.29, 1.82) is 0 Å². The SMILES string of the molecule is COCCNC(=O)[C@H](C)OC(=O)c1ccc(NCc2ccccc2)c([N+](=O)[O-])c1. The van der Waals surface area contributed by atoms with E-state index in [9.17, 15) is 19.7 Å². The number of nitrogens with one attached hydrogen (secondary N) is 2. The molecule has 0 aliphatic rings. The van der Waals surface area contributed by atoms with Crippen LogP contribution >= 0.6 is 0 Å². The van der Waals surface area contributed by atoms with Crippen LogP contribution in [0.2, 0.25) is 0 Å². The number of carbonyl (C=O) groups excluding carboxylic acids is 2. The van der Waals surface area contributed by atoms with Gasteiger partial charge in [0.2, 0.25) is 0 Å². The van der Waals surface area contributed by atoms with Crippen LogP contribution in [0, 0.1) is 10.1 Å². The summed E-state index contributed by atoms with van der Waals surface area (Å²) in [6, 6.07) is 13.4. The van der Waals surface area contributed by atoms with E-state index in [1.807, 2.05) is 30.3 Å². The highest BCUT2D eigenvalue weighted by atomic mass is 16.6. The van der Waals surface area contributed by atoms with Crippen LogP contribution in [0.1, 0.15) is 22.8 Å². The number of ether oxygens (including phenoxy) is 2. The molecule has 2 aromatic rings. The smallest absolute Gasteiger partial charge is 0.339 e. The van der Waals surface area contributed by atoms with Crippen molar-refractivity contribution in [2.45, 2.75) is 19.6 Å². The third kappa shape index (κ3) is 6.58. The van der Waals surface area contributed by atoms with Gasteiger partial charge in [0.1, 0.15) is 5.69 Å². The van der Waals surface area contributed by atoms with Gasteiger partial charge in [0.05, 0.1) is 17.1 Å². The van der Waals surface area contributed by atoms with E-state index in [-0.39, 0.29) is 23.5 Å². The van der Waals surface area contributed by atoms with E-state index in [0.29, 0.717) is 13.2 Å². The van der Waals surface area contributed by atoms with Crippen molar-refractivity contribution >= 4 is 23.3 Å². The van der Waals surface area contributed by atoms with Crippen molar-refractivity contribution in [3.05, 3.63) is 69.8 Å². The maximum absolute atomic E-state index is 12.3. The van der Waals surface area contributed by atoms with Crippen molar-refractivity contribution in [1.82, 2.24) is 5.32 Å². The molecule has 0 radical (unpaired) electrons. The molecule has 0 fully saturated rings. The molecule has 0 bridgehead atoms. The number of rotatable bonds is 10. The molecule has 0 aliphatic heterocycles. The summed E-state index contributed by atoms with van der Waals surface area (Å²) in [5, 5.41) is 17.0. The van der Waals surface area contributed by atoms with Crippen LogP contribution in [0.15, 0.2) is 48.5 Å². The number of nitro benzene ring substituents is 1. The summed E-state index contributed by atoms with van der Waals surface area (Å²) in [7, 11) is 1.50. The van der Waals surface area contributed by atoms with E-state index in [2.05, 4.69) is 10.6 Å². The largest absolute Gasteiger partial charge is 0.449 e. The molecule has 9 heteroatoms. The minimum Gasteiger partial charge on any atom is -0.449 e. The molecule has 1 atom stereocenters. The second-order valence-electron chi connectivity index (χ2n) is 6.16. The molecular weight excluding hydrogens is 378 g/mol. The number of benzene rings is 2. The van der Waals surface area contributed by atoms with Gasteiger partial charge in [-0.05, 0) is 24.6 Å². The van der Waals surface area contributed by atoms with Gasteiger partial charge in [-0.3, -0.25) is 14.9 Å². The molecule has 2 aromatic carbocycles. The first-order valence-electron chi connectivity index (χ1n) is 8.96. The molecule has 0 aliphatic carbocycles. The predicted octanol–water partition coefficient (Wildman–Crippen LogP) is 2.51. The Morgan fingerprint density at radius 1 is 1.17 bits per heavy atom. The molecule has 2 rings (SSSR count). The summed E-state index contributed by atoms with van der Waals surface area (Å²) in [5.74, 6) is -1.30. The highest BCUT2D eigenvalue weighted by Gasteiger charge is 2.22. The van der Waals surface area contributed by atoms with E-state index in [4.69, 9.17) is 9.47 Å². The zero-order chi connectivity index (χ0) is 21.2. The number of hydrogen-bond acceptors (Lipinski definition) is 7. The fraction of sp³-hybridized carbons (Fsp3) is 0.300. The Balaban J connectivity index is 2.05. The molecule has 29 heavy (non-hydrogen) atoms. The van der Waals surface area contributed by atoms with Crippen molar-refractivity contribution in [2.24, 2.45) is 0 Å². The van der Waals surface area contributed by atoms with E-state index >= 15 is 0 Å². The number of amides is 1. The normalized spacial score (nSPS) is 11.4. The lowest BCUT2D eigenvalue weighted by Gasteiger charge is -2.14. The van der Waals surface area contributed by atoms with E-state index in [1.165, 1.54) is 26.2 Å². The maximum Gasteiger partial charge on any atom is 0.339 e. The standard InChI is InChI=1S/C20H23N3O6/c1-14(19(24)21-10-11-28-2)29-20(25)16-8-9-17(18(12-16)23(26)27)22-13-15-6-4-3-5-7-15/h3-9,12,14,22H,10-11,13H2,1-2H3,(H,21,24)/t14-/m0/s1. The molecule has 0 unspecified atom stereocenters. The van der Waals surface area contributed by atoms with Crippen LogP contribution < -0.4 is 10.6 Å². The first-order valence-corrected chi connectivity index (χ1v) is 8.96. The van der Waals surface area contributed by atoms with Gasteiger partial charge in [-0.1, -0.05) is 30.3 Å². The van der Waals surface area contributed by atoms with Gasteiger partial charge in [0.25, 0.3) is 11.6 Å². The second kappa shape index (κ2) is 10.8. The lowest BCUT2D eigenvalue weighted by atomic mass is 10.1. The number of nitro groups is 1. The molecular formula is C20H23N3O6. The van der Waals surface area contributed by atoms with E-state index in [1.54, 1.807) is 0 Å². The molecule has 0 spiro atoms. The lowest BCUT2D eigenvalue weighted by molar-refractivity contribution is -0.384. The van der Waals surface area contributed by atoms with Crippen LogP contribution in [0.4, 0.5) is 11.4 Å². The lowest BCUT2D eigenvalue weighted by Crippen LogP contribution is -2.37. The highest BCUT2D eigenvalue weighted by Crippen LogP contribution is 2.26. The van der Waals surface area contributed by atoms with Crippen LogP contribution in [0.5, 0.6) is 0 Å². The van der Waals surface area contributed by atoms with Crippen LogP contribution in [0.3, 0.4) is 0 Å². The summed E-state index contributed by atoms with van der Waals surface area (Å²) in [5.41, 5.74) is 0.963. The minimum absolute atomic E-state index is 0.0153. The van der Waals surface area contributed by atoms with Crippen LogP contribution in [0.25, 0.3) is 0 Å². The van der Waals surface area contributed by atoms with E-state index in [0.717, 1.165) is 11.6 Å². The molecule has 2 N–H and O–H groups in total. The Bertz CT molecular complexity index is 857. The Morgan fingerprint density at radius 3 is 2.55 bits per heavy atom. The third-order valence-corrected chi connectivity index (χ3v) is 4.01. The van der Waals surface area contributed by atoms with E-state index < -0.39 is 22.9 Å². The van der Waals surface area contributed by atoms with Gasteiger partial charge < -0.3 is 20.1 Å². The van der Waals surface area contributed by atoms with Crippen molar-refractivity contribution in [3.63, 3.8) is 0 Å². The van der Waals surface area contributed by atoms with Crippen LogP contribution in [-0.4, -0.2) is 43.2 Å². The molecule has 0 aromatic heterocycles. The fourth-order valence-corrected chi connectivity index (χ4v) is 2.45.